The molecule has 21 heavy (non-hydrogen) atoms. The molecule has 0 aliphatic heterocycles. The molecule has 3 atom stereocenters. The van der Waals surface area contributed by atoms with Crippen LogP contribution in [0.4, 0.5) is 17.6 Å². The Labute approximate surface area is 122 Å². The third kappa shape index (κ3) is 3.57. The van der Waals surface area contributed by atoms with E-state index < -0.39 is 24.1 Å². The van der Waals surface area contributed by atoms with Crippen molar-refractivity contribution in [2.75, 3.05) is 7.05 Å². The molecule has 2 rings (SSSR count). The molecule has 3 unspecified atom stereocenters. The monoisotopic (exact) mass is 303 g/mol. The largest absolute Gasteiger partial charge is 0.392 e. The van der Waals surface area contributed by atoms with Gasteiger partial charge in [-0.05, 0) is 49.9 Å². The van der Waals surface area contributed by atoms with Crippen LogP contribution in [0, 0.1) is 24.6 Å². The Morgan fingerprint density at radius 3 is 2.43 bits per heavy atom. The highest BCUT2D eigenvalue weighted by molar-refractivity contribution is 5.27. The summed E-state index contributed by atoms with van der Waals surface area (Å²) in [5, 5.41) is 3.01. The Hall–Kier alpha value is -1.10. The van der Waals surface area contributed by atoms with Crippen LogP contribution in [0.5, 0.6) is 0 Å². The molecular formula is C16H21F4N. The van der Waals surface area contributed by atoms with Crippen LogP contribution >= 0.6 is 0 Å². The fourth-order valence-corrected chi connectivity index (χ4v) is 3.45. The average Bonchev–Trinajstić information content (AvgIpc) is 2.43. The second-order valence-corrected chi connectivity index (χ2v) is 5.87. The molecule has 5 heteroatoms. The molecule has 0 spiro atoms. The van der Waals surface area contributed by atoms with Crippen LogP contribution in [0.25, 0.3) is 0 Å². The van der Waals surface area contributed by atoms with Gasteiger partial charge in [-0.1, -0.05) is 25.0 Å². The molecule has 0 bridgehead atoms. The summed E-state index contributed by atoms with van der Waals surface area (Å²) in [6, 6.07) is 4.18. The Balaban J connectivity index is 2.31. The first-order valence-corrected chi connectivity index (χ1v) is 7.34. The first-order chi connectivity index (χ1) is 9.84. The van der Waals surface area contributed by atoms with Gasteiger partial charge in [0.15, 0.2) is 0 Å². The molecule has 118 valence electrons. The number of benzene rings is 1. The van der Waals surface area contributed by atoms with Gasteiger partial charge in [0.05, 0.1) is 5.92 Å². The topological polar surface area (TPSA) is 12.0 Å². The summed E-state index contributed by atoms with van der Waals surface area (Å²) in [4.78, 5) is 0. The molecule has 0 aromatic heterocycles. The van der Waals surface area contributed by atoms with Crippen molar-refractivity contribution in [3.05, 3.63) is 35.1 Å². The zero-order chi connectivity index (χ0) is 15.6. The Bertz CT molecular complexity index is 484. The Kier molecular flexibility index (Phi) is 4.91. The summed E-state index contributed by atoms with van der Waals surface area (Å²) in [6.45, 7) is 1.63. The van der Waals surface area contributed by atoms with Crippen LogP contribution in [0.2, 0.25) is 0 Å². The molecule has 1 nitrogen and oxygen atoms in total. The van der Waals surface area contributed by atoms with E-state index in [9.17, 15) is 17.6 Å². The minimum atomic E-state index is -4.17. The normalized spacial score (nSPS) is 24.9. The average molecular weight is 303 g/mol. The molecule has 0 heterocycles. The summed E-state index contributed by atoms with van der Waals surface area (Å²) < 4.78 is 53.2. The molecule has 0 saturated heterocycles. The Morgan fingerprint density at radius 1 is 1.19 bits per heavy atom. The van der Waals surface area contributed by atoms with Crippen molar-refractivity contribution in [2.24, 2.45) is 11.8 Å². The maximum Gasteiger partial charge on any atom is 0.392 e. The zero-order valence-corrected chi connectivity index (χ0v) is 12.3. The SMILES string of the molecule is CNC(c1ccc(F)c(C)c1)C1CCCCC1C(F)(F)F. The summed E-state index contributed by atoms with van der Waals surface area (Å²) >= 11 is 0. The predicted molar refractivity (Wildman–Crippen MR) is 74.4 cm³/mol. The van der Waals surface area contributed by atoms with Gasteiger partial charge >= 0.3 is 6.18 Å². The van der Waals surface area contributed by atoms with Crippen molar-refractivity contribution in [1.82, 2.24) is 5.32 Å². The maximum absolute atomic E-state index is 13.4. The third-order valence-electron chi connectivity index (χ3n) is 4.52. The molecular weight excluding hydrogens is 282 g/mol. The van der Waals surface area contributed by atoms with E-state index in [0.29, 0.717) is 18.4 Å². The quantitative estimate of drug-likeness (QED) is 0.794. The van der Waals surface area contributed by atoms with Gasteiger partial charge in [0, 0.05) is 6.04 Å². The number of alkyl halides is 3. The number of hydrogen-bond donors (Lipinski definition) is 1. The van der Waals surface area contributed by atoms with E-state index in [0.717, 1.165) is 12.0 Å². The molecule has 0 radical (unpaired) electrons. The van der Waals surface area contributed by atoms with Crippen LogP contribution in [-0.2, 0) is 0 Å². The van der Waals surface area contributed by atoms with Gasteiger partial charge in [0.2, 0.25) is 0 Å². The van der Waals surface area contributed by atoms with Crippen molar-refractivity contribution in [2.45, 2.75) is 44.8 Å². The van der Waals surface area contributed by atoms with Gasteiger partial charge < -0.3 is 5.32 Å². The fraction of sp³-hybridized carbons (Fsp3) is 0.625. The van der Waals surface area contributed by atoms with Gasteiger partial charge in [-0.3, -0.25) is 0 Å². The van der Waals surface area contributed by atoms with Gasteiger partial charge in [0.25, 0.3) is 0 Å². The van der Waals surface area contributed by atoms with Crippen LogP contribution in [0.15, 0.2) is 18.2 Å². The van der Waals surface area contributed by atoms with E-state index in [-0.39, 0.29) is 12.2 Å². The van der Waals surface area contributed by atoms with Crippen molar-refractivity contribution in [3.63, 3.8) is 0 Å². The van der Waals surface area contributed by atoms with Gasteiger partial charge in [-0.25, -0.2) is 4.39 Å². The summed E-state index contributed by atoms with van der Waals surface area (Å²) in [5.74, 6) is -2.10. The highest BCUT2D eigenvalue weighted by Crippen LogP contribution is 2.46. The maximum atomic E-state index is 13.4. The fourth-order valence-electron chi connectivity index (χ4n) is 3.45. The van der Waals surface area contributed by atoms with Crippen molar-refractivity contribution in [3.8, 4) is 0 Å². The van der Waals surface area contributed by atoms with Crippen LogP contribution in [-0.4, -0.2) is 13.2 Å². The van der Waals surface area contributed by atoms with Crippen molar-refractivity contribution < 1.29 is 17.6 Å². The van der Waals surface area contributed by atoms with Crippen molar-refractivity contribution >= 4 is 0 Å². The number of nitrogens with one attached hydrogen (secondary N) is 1. The highest BCUT2D eigenvalue weighted by Gasteiger charge is 2.47. The second-order valence-electron chi connectivity index (χ2n) is 5.87. The van der Waals surface area contributed by atoms with E-state index in [1.54, 1.807) is 26.1 Å². The zero-order valence-electron chi connectivity index (χ0n) is 12.3. The lowest BCUT2D eigenvalue weighted by molar-refractivity contribution is -0.199. The van der Waals surface area contributed by atoms with E-state index in [4.69, 9.17) is 0 Å². The predicted octanol–water partition coefficient (Wildman–Crippen LogP) is 4.76. The lowest BCUT2D eigenvalue weighted by Crippen LogP contribution is -2.39. The van der Waals surface area contributed by atoms with Crippen LogP contribution in [0.1, 0.15) is 42.9 Å². The number of rotatable bonds is 3. The first-order valence-electron chi connectivity index (χ1n) is 7.34. The van der Waals surface area contributed by atoms with Crippen LogP contribution < -0.4 is 5.32 Å². The molecule has 0 amide bonds. The first kappa shape index (κ1) is 16.3. The lowest BCUT2D eigenvalue weighted by atomic mass is 9.73. The molecule has 1 N–H and O–H groups in total. The molecule has 1 fully saturated rings. The summed E-state index contributed by atoms with van der Waals surface area (Å²) in [5.41, 5.74) is 1.20. The highest BCUT2D eigenvalue weighted by atomic mass is 19.4. The second kappa shape index (κ2) is 6.34. The smallest absolute Gasteiger partial charge is 0.313 e. The summed E-state index contributed by atoms with van der Waals surface area (Å²) in [6.07, 6.45) is -2.00. The lowest BCUT2D eigenvalue weighted by Gasteiger charge is -2.38. The third-order valence-corrected chi connectivity index (χ3v) is 4.52. The van der Waals surface area contributed by atoms with Gasteiger partial charge in [-0.15, -0.1) is 0 Å². The van der Waals surface area contributed by atoms with Gasteiger partial charge in [-0.2, -0.15) is 13.2 Å². The number of aryl methyl sites for hydroxylation is 1. The molecule has 1 saturated carbocycles. The number of halogens is 4. The molecule has 1 aliphatic carbocycles. The molecule has 1 aromatic carbocycles. The summed E-state index contributed by atoms with van der Waals surface area (Å²) in [7, 11) is 1.67. The van der Waals surface area contributed by atoms with E-state index in [1.165, 1.54) is 6.07 Å². The number of hydrogen-bond acceptors (Lipinski definition) is 1. The Morgan fingerprint density at radius 2 is 1.86 bits per heavy atom. The minimum Gasteiger partial charge on any atom is -0.313 e. The van der Waals surface area contributed by atoms with Gasteiger partial charge in [0.1, 0.15) is 5.82 Å². The minimum absolute atomic E-state index is 0.187. The van der Waals surface area contributed by atoms with E-state index >= 15 is 0 Å². The van der Waals surface area contributed by atoms with E-state index in [2.05, 4.69) is 5.32 Å². The standard InChI is InChI=1S/C16H21F4N/c1-10-9-11(7-8-14(10)17)15(21-2)12-5-3-4-6-13(12)16(18,19)20/h7-9,12-13,15,21H,3-6H2,1-2H3. The molecule has 1 aliphatic rings. The van der Waals surface area contributed by atoms with E-state index in [1.807, 2.05) is 0 Å². The molecule has 1 aromatic rings. The van der Waals surface area contributed by atoms with Crippen LogP contribution in [0.3, 0.4) is 0 Å². The van der Waals surface area contributed by atoms with Crippen molar-refractivity contribution in [1.29, 1.82) is 0 Å².